The van der Waals surface area contributed by atoms with Crippen molar-refractivity contribution in [1.29, 1.82) is 0 Å². The number of aryl methyl sites for hydroxylation is 2. The molecule has 0 saturated heterocycles. The third-order valence-electron chi connectivity index (χ3n) is 2.12. The Morgan fingerprint density at radius 3 is 2.79 bits per heavy atom. The zero-order valence-corrected chi connectivity index (χ0v) is 10.1. The summed E-state index contributed by atoms with van der Waals surface area (Å²) in [6.07, 6.45) is 1.75. The molecule has 2 nitrogen and oxygen atoms in total. The number of pyridine rings is 2. The third-order valence-corrected chi connectivity index (χ3v) is 3.12. The van der Waals surface area contributed by atoms with Crippen LogP contribution in [0.15, 0.2) is 16.7 Å². The van der Waals surface area contributed by atoms with Crippen LogP contribution in [0.5, 0.6) is 0 Å². The van der Waals surface area contributed by atoms with Gasteiger partial charge in [0.25, 0.3) is 0 Å². The molecule has 0 N–H and O–H groups in total. The SMILES string of the molecule is Cc1nc2cc(Br)cnc2c(C)c1Cl. The van der Waals surface area contributed by atoms with E-state index in [0.29, 0.717) is 5.02 Å². The minimum atomic E-state index is 0.701. The van der Waals surface area contributed by atoms with Gasteiger partial charge < -0.3 is 0 Å². The van der Waals surface area contributed by atoms with Gasteiger partial charge in [0.05, 0.1) is 21.7 Å². The van der Waals surface area contributed by atoms with Crippen molar-refractivity contribution >= 4 is 38.6 Å². The van der Waals surface area contributed by atoms with Crippen molar-refractivity contribution in [3.63, 3.8) is 0 Å². The van der Waals surface area contributed by atoms with Crippen LogP contribution in [-0.2, 0) is 0 Å². The van der Waals surface area contributed by atoms with Gasteiger partial charge in [-0.3, -0.25) is 4.98 Å². The van der Waals surface area contributed by atoms with Gasteiger partial charge >= 0.3 is 0 Å². The first kappa shape index (κ1) is 9.87. The van der Waals surface area contributed by atoms with E-state index in [2.05, 4.69) is 25.9 Å². The summed E-state index contributed by atoms with van der Waals surface area (Å²) in [4.78, 5) is 8.66. The largest absolute Gasteiger partial charge is 0.253 e. The summed E-state index contributed by atoms with van der Waals surface area (Å²) in [5.74, 6) is 0. The smallest absolute Gasteiger partial charge is 0.0931 e. The molecular weight excluding hydrogens is 263 g/mol. The highest BCUT2D eigenvalue weighted by Crippen LogP contribution is 2.26. The Hall–Kier alpha value is -0.670. The number of rotatable bonds is 0. The van der Waals surface area contributed by atoms with Gasteiger partial charge in [-0.05, 0) is 41.4 Å². The van der Waals surface area contributed by atoms with Crippen molar-refractivity contribution in [3.8, 4) is 0 Å². The number of aromatic nitrogens is 2. The van der Waals surface area contributed by atoms with Crippen LogP contribution in [0.4, 0.5) is 0 Å². The van der Waals surface area contributed by atoms with Crippen molar-refractivity contribution in [2.24, 2.45) is 0 Å². The summed E-state index contributed by atoms with van der Waals surface area (Å²) in [6, 6.07) is 1.94. The molecule has 2 aromatic rings. The van der Waals surface area contributed by atoms with Gasteiger partial charge in [-0.25, -0.2) is 4.98 Å². The van der Waals surface area contributed by atoms with Crippen molar-refractivity contribution in [1.82, 2.24) is 9.97 Å². The fourth-order valence-electron chi connectivity index (χ4n) is 1.41. The molecule has 0 aliphatic rings. The van der Waals surface area contributed by atoms with Gasteiger partial charge in [0.15, 0.2) is 0 Å². The second kappa shape index (κ2) is 3.48. The van der Waals surface area contributed by atoms with Gasteiger partial charge in [-0.1, -0.05) is 11.6 Å². The number of hydrogen-bond donors (Lipinski definition) is 0. The predicted octanol–water partition coefficient (Wildman–Crippen LogP) is 3.66. The van der Waals surface area contributed by atoms with Gasteiger partial charge in [0, 0.05) is 10.7 Å². The molecule has 0 aromatic carbocycles. The maximum atomic E-state index is 6.08. The molecule has 2 heterocycles. The highest BCUT2D eigenvalue weighted by Gasteiger charge is 2.08. The zero-order valence-electron chi connectivity index (χ0n) is 7.81. The molecule has 72 valence electrons. The lowest BCUT2D eigenvalue weighted by atomic mass is 10.2. The highest BCUT2D eigenvalue weighted by molar-refractivity contribution is 9.10. The zero-order chi connectivity index (χ0) is 10.3. The monoisotopic (exact) mass is 270 g/mol. The Bertz CT molecular complexity index is 511. The predicted molar refractivity (Wildman–Crippen MR) is 61.7 cm³/mol. The Morgan fingerprint density at radius 2 is 2.07 bits per heavy atom. The van der Waals surface area contributed by atoms with Crippen LogP contribution in [0, 0.1) is 13.8 Å². The Kier molecular flexibility index (Phi) is 2.45. The summed E-state index contributed by atoms with van der Waals surface area (Å²) < 4.78 is 0.929. The van der Waals surface area contributed by atoms with Gasteiger partial charge in [-0.2, -0.15) is 0 Å². The van der Waals surface area contributed by atoms with E-state index in [1.165, 1.54) is 0 Å². The number of hydrogen-bond acceptors (Lipinski definition) is 2. The van der Waals surface area contributed by atoms with Crippen LogP contribution in [0.1, 0.15) is 11.3 Å². The average molecular weight is 272 g/mol. The molecule has 0 amide bonds. The van der Waals surface area contributed by atoms with Gasteiger partial charge in [-0.15, -0.1) is 0 Å². The molecule has 0 aliphatic carbocycles. The molecular formula is C10H8BrClN2. The molecule has 0 spiro atoms. The normalized spacial score (nSPS) is 10.9. The number of fused-ring (bicyclic) bond motifs is 1. The molecule has 0 radical (unpaired) electrons. The molecule has 14 heavy (non-hydrogen) atoms. The van der Waals surface area contributed by atoms with E-state index in [9.17, 15) is 0 Å². The molecule has 2 rings (SSSR count). The average Bonchev–Trinajstić information content (AvgIpc) is 2.14. The van der Waals surface area contributed by atoms with Crippen molar-refractivity contribution in [2.45, 2.75) is 13.8 Å². The summed E-state index contributed by atoms with van der Waals surface area (Å²) >= 11 is 9.45. The molecule has 0 atom stereocenters. The molecule has 0 bridgehead atoms. The Morgan fingerprint density at radius 1 is 1.36 bits per heavy atom. The Balaban J connectivity index is 2.91. The third kappa shape index (κ3) is 1.51. The molecule has 2 aromatic heterocycles. The van der Waals surface area contributed by atoms with E-state index in [-0.39, 0.29) is 0 Å². The second-order valence-corrected chi connectivity index (χ2v) is 4.45. The summed E-state index contributed by atoms with van der Waals surface area (Å²) in [5.41, 5.74) is 3.57. The van der Waals surface area contributed by atoms with E-state index in [1.54, 1.807) is 6.20 Å². The highest BCUT2D eigenvalue weighted by atomic mass is 79.9. The van der Waals surface area contributed by atoms with E-state index in [0.717, 1.165) is 26.8 Å². The topological polar surface area (TPSA) is 25.8 Å². The standard InChI is InChI=1S/C10H8BrClN2/c1-5-9(12)6(2)14-8-3-7(11)4-13-10(5)8/h3-4H,1-2H3. The van der Waals surface area contributed by atoms with Crippen LogP contribution < -0.4 is 0 Å². The minimum absolute atomic E-state index is 0.701. The van der Waals surface area contributed by atoms with Crippen LogP contribution in [-0.4, -0.2) is 9.97 Å². The first-order chi connectivity index (χ1) is 6.59. The Labute approximate surface area is 95.5 Å². The lowest BCUT2D eigenvalue weighted by Gasteiger charge is -2.05. The second-order valence-electron chi connectivity index (χ2n) is 3.16. The van der Waals surface area contributed by atoms with Crippen LogP contribution in [0.2, 0.25) is 5.02 Å². The number of nitrogens with zero attached hydrogens (tertiary/aromatic N) is 2. The maximum Gasteiger partial charge on any atom is 0.0931 e. The van der Waals surface area contributed by atoms with Crippen LogP contribution >= 0.6 is 27.5 Å². The fraction of sp³-hybridized carbons (Fsp3) is 0.200. The van der Waals surface area contributed by atoms with Crippen molar-refractivity contribution in [3.05, 3.63) is 33.0 Å². The quantitative estimate of drug-likeness (QED) is 0.731. The van der Waals surface area contributed by atoms with E-state index >= 15 is 0 Å². The van der Waals surface area contributed by atoms with Crippen molar-refractivity contribution < 1.29 is 0 Å². The molecule has 0 aliphatic heterocycles. The summed E-state index contributed by atoms with van der Waals surface area (Å²) in [5, 5.41) is 0.701. The van der Waals surface area contributed by atoms with Gasteiger partial charge in [0.1, 0.15) is 0 Å². The summed E-state index contributed by atoms with van der Waals surface area (Å²) in [6.45, 7) is 3.86. The first-order valence-corrected chi connectivity index (χ1v) is 5.34. The molecule has 0 fully saturated rings. The molecule has 4 heteroatoms. The summed E-state index contributed by atoms with van der Waals surface area (Å²) in [7, 11) is 0. The van der Waals surface area contributed by atoms with Crippen LogP contribution in [0.3, 0.4) is 0 Å². The van der Waals surface area contributed by atoms with E-state index < -0.39 is 0 Å². The van der Waals surface area contributed by atoms with E-state index in [4.69, 9.17) is 11.6 Å². The van der Waals surface area contributed by atoms with E-state index in [1.807, 2.05) is 19.9 Å². The molecule has 0 unspecified atom stereocenters. The molecule has 0 saturated carbocycles. The van der Waals surface area contributed by atoms with Crippen LogP contribution in [0.25, 0.3) is 11.0 Å². The lowest BCUT2D eigenvalue weighted by molar-refractivity contribution is 1.20. The fourth-order valence-corrected chi connectivity index (χ4v) is 1.86. The minimum Gasteiger partial charge on any atom is -0.253 e. The van der Waals surface area contributed by atoms with Gasteiger partial charge in [0.2, 0.25) is 0 Å². The van der Waals surface area contributed by atoms with Crippen molar-refractivity contribution in [2.75, 3.05) is 0 Å². The lowest BCUT2D eigenvalue weighted by Crippen LogP contribution is -1.92. The first-order valence-electron chi connectivity index (χ1n) is 4.17. The maximum absolute atomic E-state index is 6.08. The number of halogens is 2.